The van der Waals surface area contributed by atoms with Gasteiger partial charge >= 0.3 is 0 Å². The smallest absolute Gasteiger partial charge is 0.166 e. The van der Waals surface area contributed by atoms with Crippen molar-refractivity contribution in [3.05, 3.63) is 89.5 Å². The van der Waals surface area contributed by atoms with Gasteiger partial charge in [-0.3, -0.25) is 0 Å². The molecule has 0 amide bonds. The molecule has 0 N–H and O–H groups in total. The number of benzene rings is 3. The molecule has 0 bridgehead atoms. The molecule has 30 heavy (non-hydrogen) atoms. The molecule has 0 spiro atoms. The average molecular weight is 421 g/mol. The van der Waals surface area contributed by atoms with Crippen LogP contribution in [0.3, 0.4) is 0 Å². The van der Waals surface area contributed by atoms with Crippen molar-refractivity contribution in [2.75, 3.05) is 27.2 Å². The van der Waals surface area contributed by atoms with Crippen LogP contribution in [-0.4, -0.2) is 32.1 Å². The molecule has 0 aliphatic heterocycles. The summed E-state index contributed by atoms with van der Waals surface area (Å²) in [7, 11) is 4.13. The molecule has 0 saturated carbocycles. The Bertz CT molecular complexity index is 840. The Balaban J connectivity index is 1.69. The number of rotatable bonds is 10. The van der Waals surface area contributed by atoms with Crippen LogP contribution in [0.4, 0.5) is 0 Å². The van der Waals surface area contributed by atoms with Gasteiger partial charge in [0, 0.05) is 6.61 Å². The summed E-state index contributed by atoms with van der Waals surface area (Å²) in [6.45, 7) is 6.92. The van der Waals surface area contributed by atoms with Gasteiger partial charge < -0.3 is 9.64 Å². The van der Waals surface area contributed by atoms with Crippen LogP contribution in [0.5, 0.6) is 0 Å². The third kappa shape index (κ3) is 6.73. The molecule has 0 aliphatic rings. The lowest BCUT2D eigenvalue weighted by Gasteiger charge is -2.10. The SMILES string of the molecule is Cc1ccc([S+](c2ccc(C)cc2)c2ccc(COCCCCN(C)C)cc2)cc1. The largest absolute Gasteiger partial charge is 0.377 e. The van der Waals surface area contributed by atoms with Gasteiger partial charge in [0.1, 0.15) is 0 Å². The van der Waals surface area contributed by atoms with Crippen molar-refractivity contribution >= 4 is 10.9 Å². The first kappa shape index (κ1) is 22.6. The van der Waals surface area contributed by atoms with E-state index in [1.807, 2.05) is 0 Å². The van der Waals surface area contributed by atoms with Gasteiger partial charge in [0.2, 0.25) is 0 Å². The molecule has 0 aromatic heterocycles. The minimum absolute atomic E-state index is 0.0995. The summed E-state index contributed by atoms with van der Waals surface area (Å²) in [4.78, 5) is 6.28. The van der Waals surface area contributed by atoms with E-state index in [0.717, 1.165) is 19.6 Å². The van der Waals surface area contributed by atoms with E-state index >= 15 is 0 Å². The Morgan fingerprint density at radius 3 is 1.60 bits per heavy atom. The molecule has 0 aliphatic carbocycles. The van der Waals surface area contributed by atoms with E-state index in [1.54, 1.807) is 0 Å². The molecule has 3 heteroatoms. The Morgan fingerprint density at radius 1 is 0.667 bits per heavy atom. The molecule has 158 valence electrons. The van der Waals surface area contributed by atoms with E-state index in [2.05, 4.69) is 106 Å². The second-order valence-corrected chi connectivity index (χ2v) is 10.2. The van der Waals surface area contributed by atoms with E-state index < -0.39 is 0 Å². The van der Waals surface area contributed by atoms with E-state index in [0.29, 0.717) is 6.61 Å². The summed E-state index contributed by atoms with van der Waals surface area (Å²) >= 11 is 0. The van der Waals surface area contributed by atoms with Gasteiger partial charge in [-0.2, -0.15) is 0 Å². The Morgan fingerprint density at radius 2 is 1.13 bits per heavy atom. The molecule has 0 radical (unpaired) electrons. The molecule has 0 saturated heterocycles. The topological polar surface area (TPSA) is 12.5 Å². The first-order valence-electron chi connectivity index (χ1n) is 10.7. The zero-order chi connectivity index (χ0) is 21.3. The highest BCUT2D eigenvalue weighted by Gasteiger charge is 2.28. The Hall–Kier alpha value is -2.07. The van der Waals surface area contributed by atoms with Gasteiger partial charge in [0.25, 0.3) is 0 Å². The van der Waals surface area contributed by atoms with Gasteiger partial charge in [0.15, 0.2) is 14.7 Å². The second-order valence-electron chi connectivity index (χ2n) is 8.14. The Labute approximate surface area is 185 Å². The molecular weight excluding hydrogens is 386 g/mol. The number of ether oxygens (including phenoxy) is 1. The van der Waals surface area contributed by atoms with Crippen LogP contribution in [0.2, 0.25) is 0 Å². The van der Waals surface area contributed by atoms with Gasteiger partial charge in [0.05, 0.1) is 17.5 Å². The van der Waals surface area contributed by atoms with E-state index in [9.17, 15) is 0 Å². The predicted molar refractivity (Wildman–Crippen MR) is 128 cm³/mol. The predicted octanol–water partition coefficient (Wildman–Crippen LogP) is 6.26. The molecular formula is C27H34NOS+. The maximum atomic E-state index is 5.88. The summed E-state index contributed by atoms with van der Waals surface area (Å²) in [5, 5.41) is 0. The maximum Gasteiger partial charge on any atom is 0.166 e. The lowest BCUT2D eigenvalue weighted by atomic mass is 10.2. The summed E-state index contributed by atoms with van der Waals surface area (Å²) in [6.07, 6.45) is 2.29. The van der Waals surface area contributed by atoms with Gasteiger partial charge in [-0.05, 0) is 89.3 Å². The maximum absolute atomic E-state index is 5.88. The molecule has 3 rings (SSSR count). The van der Waals surface area contributed by atoms with Crippen molar-refractivity contribution in [1.82, 2.24) is 4.90 Å². The van der Waals surface area contributed by atoms with Crippen LogP contribution in [-0.2, 0) is 22.2 Å². The van der Waals surface area contributed by atoms with E-state index in [1.165, 1.54) is 37.8 Å². The summed E-state index contributed by atoms with van der Waals surface area (Å²) in [5.41, 5.74) is 3.83. The fourth-order valence-electron chi connectivity index (χ4n) is 3.30. The van der Waals surface area contributed by atoms with Gasteiger partial charge in [-0.15, -0.1) is 0 Å². The lowest BCUT2D eigenvalue weighted by molar-refractivity contribution is 0.115. The minimum atomic E-state index is -0.0995. The number of aryl methyl sites for hydroxylation is 2. The second kappa shape index (κ2) is 11.4. The molecule has 3 aromatic carbocycles. The third-order valence-corrected chi connectivity index (χ3v) is 7.32. The minimum Gasteiger partial charge on any atom is -0.377 e. The number of hydrogen-bond donors (Lipinski definition) is 0. The monoisotopic (exact) mass is 420 g/mol. The van der Waals surface area contributed by atoms with Crippen molar-refractivity contribution in [3.8, 4) is 0 Å². The van der Waals surface area contributed by atoms with Crippen molar-refractivity contribution in [2.24, 2.45) is 0 Å². The van der Waals surface area contributed by atoms with Crippen LogP contribution in [0.1, 0.15) is 29.5 Å². The van der Waals surface area contributed by atoms with Crippen molar-refractivity contribution in [1.29, 1.82) is 0 Å². The summed E-state index contributed by atoms with van der Waals surface area (Å²) in [6, 6.07) is 26.9. The van der Waals surface area contributed by atoms with Crippen molar-refractivity contribution in [2.45, 2.75) is 48.0 Å². The zero-order valence-electron chi connectivity index (χ0n) is 18.7. The van der Waals surface area contributed by atoms with Crippen LogP contribution < -0.4 is 0 Å². The van der Waals surface area contributed by atoms with Crippen LogP contribution >= 0.6 is 0 Å². The highest BCUT2D eigenvalue weighted by Crippen LogP contribution is 2.31. The quantitative estimate of drug-likeness (QED) is 0.284. The van der Waals surface area contributed by atoms with Crippen LogP contribution in [0.25, 0.3) is 0 Å². The molecule has 0 atom stereocenters. The first-order valence-corrected chi connectivity index (χ1v) is 11.9. The zero-order valence-corrected chi connectivity index (χ0v) is 19.5. The normalized spacial score (nSPS) is 11.4. The molecule has 0 heterocycles. The molecule has 2 nitrogen and oxygen atoms in total. The van der Waals surface area contributed by atoms with E-state index in [4.69, 9.17) is 4.74 Å². The van der Waals surface area contributed by atoms with Crippen molar-refractivity contribution in [3.63, 3.8) is 0 Å². The van der Waals surface area contributed by atoms with Crippen LogP contribution in [0, 0.1) is 13.8 Å². The standard InChI is InChI=1S/C27H34NOS/c1-22-7-13-25(14-8-22)30(26-15-9-23(2)10-16-26)27-17-11-24(12-18-27)21-29-20-6-5-19-28(3)4/h7-18H,5-6,19-21H2,1-4H3/q+1. The lowest BCUT2D eigenvalue weighted by Crippen LogP contribution is -2.13. The first-order chi connectivity index (χ1) is 14.5. The van der Waals surface area contributed by atoms with Crippen molar-refractivity contribution < 1.29 is 4.74 Å². The fraction of sp³-hybridized carbons (Fsp3) is 0.333. The molecule has 3 aromatic rings. The van der Waals surface area contributed by atoms with Gasteiger partial charge in [-0.25, -0.2) is 0 Å². The molecule has 0 fully saturated rings. The molecule has 0 unspecified atom stereocenters. The highest BCUT2D eigenvalue weighted by molar-refractivity contribution is 7.97. The van der Waals surface area contributed by atoms with E-state index in [-0.39, 0.29) is 10.9 Å². The van der Waals surface area contributed by atoms with Crippen LogP contribution in [0.15, 0.2) is 87.5 Å². The highest BCUT2D eigenvalue weighted by atomic mass is 32.2. The fourth-order valence-corrected chi connectivity index (χ4v) is 5.34. The van der Waals surface area contributed by atoms with Gasteiger partial charge in [-0.1, -0.05) is 47.5 Å². The number of unbranched alkanes of at least 4 members (excludes halogenated alkanes) is 1. The number of nitrogens with zero attached hydrogens (tertiary/aromatic N) is 1. The Kier molecular flexibility index (Phi) is 8.56. The summed E-state index contributed by atoms with van der Waals surface area (Å²) < 4.78 is 5.88. The average Bonchev–Trinajstić information content (AvgIpc) is 2.74. The summed E-state index contributed by atoms with van der Waals surface area (Å²) in [5.74, 6) is 0. The number of hydrogen-bond acceptors (Lipinski definition) is 2. The third-order valence-electron chi connectivity index (χ3n) is 5.09.